The van der Waals surface area contributed by atoms with Gasteiger partial charge in [0, 0.05) is 17.1 Å². The van der Waals surface area contributed by atoms with Gasteiger partial charge in [0.2, 0.25) is 0 Å². The molecule has 0 fully saturated rings. The lowest BCUT2D eigenvalue weighted by Gasteiger charge is -2.32. The Morgan fingerprint density at radius 1 is 0.276 bits per heavy atom. The molecule has 0 amide bonds. The highest BCUT2D eigenvalue weighted by Crippen LogP contribution is 2.63. The lowest BCUT2D eigenvalue weighted by Crippen LogP contribution is -2.26. The summed E-state index contributed by atoms with van der Waals surface area (Å²) in [6, 6.07) is 83.0. The summed E-state index contributed by atoms with van der Waals surface area (Å²) in [5.41, 5.74) is 18.4. The summed E-state index contributed by atoms with van der Waals surface area (Å²) in [4.78, 5) is 2.43. The van der Waals surface area contributed by atoms with Gasteiger partial charge >= 0.3 is 0 Å². The Morgan fingerprint density at radius 2 is 0.690 bits per heavy atom. The highest BCUT2D eigenvalue weighted by molar-refractivity contribution is 6.12. The second kappa shape index (κ2) is 12.8. The standard InChI is InChI=1S/C57H37N/c1-2-14-38(15-3-1)39-26-30-43(31-27-39)58(44-32-28-40(29-33-44)56-46-18-6-4-16-41(46)36-42-17-5-7-19-47(42)56)45-34-35-51-50-22-10-13-25-54(50)57(55(51)37-45)52-23-11-8-20-48(52)49-21-9-12-24-53(49)57/h1-37H. The first kappa shape index (κ1) is 32.7. The molecule has 1 nitrogen and oxygen atoms in total. The lowest BCUT2D eigenvalue weighted by molar-refractivity contribution is 0.793. The predicted octanol–water partition coefficient (Wildman–Crippen LogP) is 15.1. The second-order valence-electron chi connectivity index (χ2n) is 15.6. The molecule has 0 atom stereocenters. The van der Waals surface area contributed by atoms with Crippen molar-refractivity contribution in [1.82, 2.24) is 0 Å². The third-order valence-corrected chi connectivity index (χ3v) is 12.7. The molecule has 0 unspecified atom stereocenters. The average Bonchev–Trinajstić information content (AvgIpc) is 3.76. The Balaban J connectivity index is 1.07. The molecule has 0 bridgehead atoms. The smallest absolute Gasteiger partial charge is 0.0726 e. The van der Waals surface area contributed by atoms with E-state index in [1.54, 1.807) is 0 Å². The van der Waals surface area contributed by atoms with Gasteiger partial charge in [0.05, 0.1) is 5.41 Å². The van der Waals surface area contributed by atoms with E-state index < -0.39 is 5.41 Å². The van der Waals surface area contributed by atoms with E-state index >= 15 is 0 Å². The van der Waals surface area contributed by atoms with E-state index in [2.05, 4.69) is 229 Å². The lowest BCUT2D eigenvalue weighted by atomic mass is 9.70. The quantitative estimate of drug-likeness (QED) is 0.159. The molecule has 0 radical (unpaired) electrons. The van der Waals surface area contributed by atoms with Gasteiger partial charge in [-0.1, -0.05) is 182 Å². The van der Waals surface area contributed by atoms with Gasteiger partial charge in [-0.2, -0.15) is 0 Å². The number of nitrogens with zero attached hydrogens (tertiary/aromatic N) is 1. The highest BCUT2D eigenvalue weighted by atomic mass is 15.1. The van der Waals surface area contributed by atoms with E-state index in [0.29, 0.717) is 0 Å². The van der Waals surface area contributed by atoms with Crippen molar-refractivity contribution in [2.75, 3.05) is 4.90 Å². The topological polar surface area (TPSA) is 3.24 Å². The summed E-state index contributed by atoms with van der Waals surface area (Å²) in [5.74, 6) is 0. The first-order valence-corrected chi connectivity index (χ1v) is 20.2. The van der Waals surface area contributed by atoms with Gasteiger partial charge in [-0.15, -0.1) is 0 Å². The maximum Gasteiger partial charge on any atom is 0.0726 e. The van der Waals surface area contributed by atoms with E-state index in [4.69, 9.17) is 0 Å². The number of rotatable bonds is 5. The summed E-state index contributed by atoms with van der Waals surface area (Å²) in [6.45, 7) is 0. The first-order chi connectivity index (χ1) is 28.8. The first-order valence-electron chi connectivity index (χ1n) is 20.2. The number of fused-ring (bicyclic) bond motifs is 12. The fourth-order valence-electron chi connectivity index (χ4n) is 10.2. The Morgan fingerprint density at radius 3 is 1.24 bits per heavy atom. The van der Waals surface area contributed by atoms with Crippen LogP contribution in [0.3, 0.4) is 0 Å². The molecule has 0 aromatic heterocycles. The van der Waals surface area contributed by atoms with Crippen LogP contribution in [0.4, 0.5) is 17.1 Å². The number of anilines is 3. The van der Waals surface area contributed by atoms with Gasteiger partial charge in [0.15, 0.2) is 0 Å². The van der Waals surface area contributed by atoms with Crippen molar-refractivity contribution in [2.24, 2.45) is 0 Å². The molecule has 1 heteroatoms. The van der Waals surface area contributed by atoms with Gasteiger partial charge in [0.25, 0.3) is 0 Å². The molecule has 0 N–H and O–H groups in total. The van der Waals surface area contributed by atoms with E-state index in [1.165, 1.54) is 88.3 Å². The fourth-order valence-corrected chi connectivity index (χ4v) is 10.2. The Kier molecular flexibility index (Phi) is 7.21. The minimum atomic E-state index is -0.419. The zero-order chi connectivity index (χ0) is 38.2. The zero-order valence-corrected chi connectivity index (χ0v) is 31.8. The van der Waals surface area contributed by atoms with Crippen LogP contribution in [0.25, 0.3) is 66.1 Å². The number of hydrogen-bond acceptors (Lipinski definition) is 1. The summed E-state index contributed by atoms with van der Waals surface area (Å²) in [7, 11) is 0. The predicted molar refractivity (Wildman–Crippen MR) is 243 cm³/mol. The van der Waals surface area contributed by atoms with Crippen LogP contribution in [0.2, 0.25) is 0 Å². The third-order valence-electron chi connectivity index (χ3n) is 12.7. The molecule has 10 aromatic carbocycles. The maximum absolute atomic E-state index is 2.48. The van der Waals surface area contributed by atoms with Crippen LogP contribution in [0.5, 0.6) is 0 Å². The van der Waals surface area contributed by atoms with Crippen molar-refractivity contribution in [3.05, 3.63) is 247 Å². The van der Waals surface area contributed by atoms with Crippen molar-refractivity contribution < 1.29 is 0 Å². The molecule has 0 saturated carbocycles. The summed E-state index contributed by atoms with van der Waals surface area (Å²) in [6.07, 6.45) is 0. The molecule has 0 saturated heterocycles. The zero-order valence-electron chi connectivity index (χ0n) is 31.8. The van der Waals surface area contributed by atoms with Crippen LogP contribution in [-0.4, -0.2) is 0 Å². The van der Waals surface area contributed by atoms with Gasteiger partial charge in [0.1, 0.15) is 0 Å². The molecule has 0 heterocycles. The van der Waals surface area contributed by atoms with Crippen LogP contribution >= 0.6 is 0 Å². The van der Waals surface area contributed by atoms with Crippen LogP contribution < -0.4 is 4.90 Å². The molecule has 270 valence electrons. The van der Waals surface area contributed by atoms with Crippen molar-refractivity contribution in [1.29, 1.82) is 0 Å². The van der Waals surface area contributed by atoms with E-state index in [0.717, 1.165) is 17.1 Å². The normalized spacial score (nSPS) is 13.0. The number of hydrogen-bond donors (Lipinski definition) is 0. The average molecular weight is 736 g/mol. The molecule has 10 aromatic rings. The molecule has 2 aliphatic carbocycles. The van der Waals surface area contributed by atoms with Crippen molar-refractivity contribution in [2.45, 2.75) is 5.41 Å². The number of benzene rings is 10. The molecule has 2 aliphatic rings. The van der Waals surface area contributed by atoms with E-state index in [1.807, 2.05) is 0 Å². The maximum atomic E-state index is 2.48. The van der Waals surface area contributed by atoms with Crippen molar-refractivity contribution in [3.63, 3.8) is 0 Å². The SMILES string of the molecule is c1ccc(-c2ccc(N(c3ccc(-c4c5ccccc5cc5ccccc45)cc3)c3ccc4c(c3)C3(c5ccccc5-c5ccccc53)c3ccccc3-4)cc2)cc1. The second-order valence-corrected chi connectivity index (χ2v) is 15.6. The third kappa shape index (κ3) is 4.71. The van der Waals surface area contributed by atoms with E-state index in [9.17, 15) is 0 Å². The molecular formula is C57H37N. The Hall–Kier alpha value is -7.48. The van der Waals surface area contributed by atoms with Gasteiger partial charge in [-0.05, 0) is 131 Å². The molecule has 58 heavy (non-hydrogen) atoms. The molecule has 12 rings (SSSR count). The minimum Gasteiger partial charge on any atom is -0.310 e. The van der Waals surface area contributed by atoms with Crippen LogP contribution in [0.15, 0.2) is 224 Å². The molecule has 1 spiro atoms. The summed E-state index contributed by atoms with van der Waals surface area (Å²) < 4.78 is 0. The van der Waals surface area contributed by atoms with E-state index in [-0.39, 0.29) is 0 Å². The van der Waals surface area contributed by atoms with Crippen molar-refractivity contribution >= 4 is 38.6 Å². The van der Waals surface area contributed by atoms with Gasteiger partial charge in [-0.25, -0.2) is 0 Å². The van der Waals surface area contributed by atoms with Crippen LogP contribution in [-0.2, 0) is 5.41 Å². The van der Waals surface area contributed by atoms with Gasteiger partial charge in [-0.3, -0.25) is 0 Å². The highest BCUT2D eigenvalue weighted by Gasteiger charge is 2.51. The largest absolute Gasteiger partial charge is 0.310 e. The summed E-state index contributed by atoms with van der Waals surface area (Å²) >= 11 is 0. The van der Waals surface area contributed by atoms with Gasteiger partial charge < -0.3 is 4.90 Å². The molecule has 0 aliphatic heterocycles. The Bertz CT molecular complexity index is 3090. The van der Waals surface area contributed by atoms with Crippen LogP contribution in [0.1, 0.15) is 22.3 Å². The Labute approximate surface area is 338 Å². The molecular weight excluding hydrogens is 699 g/mol. The van der Waals surface area contributed by atoms with Crippen LogP contribution in [0, 0.1) is 0 Å². The monoisotopic (exact) mass is 735 g/mol. The minimum absolute atomic E-state index is 0.419. The van der Waals surface area contributed by atoms with Crippen molar-refractivity contribution in [3.8, 4) is 44.5 Å². The fraction of sp³-hybridized carbons (Fsp3) is 0.0175. The summed E-state index contributed by atoms with van der Waals surface area (Å²) in [5, 5.41) is 5.04.